The number of azo groups is 2. The molecule has 22 heteroatoms. The van der Waals surface area contributed by atoms with Crippen LogP contribution in [0.25, 0.3) is 10.8 Å². The van der Waals surface area contributed by atoms with Gasteiger partial charge in [-0.15, -0.1) is 20.5 Å². The minimum atomic E-state index is -5.33. The molecular weight excluding hydrogens is 697 g/mol. The first kappa shape index (κ1) is 34.5. The van der Waals surface area contributed by atoms with Crippen LogP contribution >= 0.6 is 0 Å². The van der Waals surface area contributed by atoms with Gasteiger partial charge in [-0.1, -0.05) is 12.1 Å². The van der Waals surface area contributed by atoms with Gasteiger partial charge < -0.3 is 10.2 Å². The minimum absolute atomic E-state index is 0.356. The van der Waals surface area contributed by atoms with Crippen LogP contribution in [0.2, 0.25) is 0 Å². The Labute approximate surface area is 260 Å². The quantitative estimate of drug-likeness (QED) is 0.106. The Morgan fingerprint density at radius 3 is 1.11 bits per heavy atom. The molecule has 0 bridgehead atoms. The van der Waals surface area contributed by atoms with Crippen molar-refractivity contribution in [3.05, 3.63) is 59.7 Å². The average molecular weight is 717 g/mol. The second kappa shape index (κ2) is 11.7. The molecule has 0 atom stereocenters. The molecule has 0 radical (unpaired) electrons. The van der Waals surface area contributed by atoms with Crippen LogP contribution in [-0.2, 0) is 40.5 Å². The van der Waals surface area contributed by atoms with Gasteiger partial charge in [-0.2, -0.15) is 33.7 Å². The molecule has 0 saturated carbocycles. The highest BCUT2D eigenvalue weighted by molar-refractivity contribution is 7.86. The van der Waals surface area contributed by atoms with Gasteiger partial charge in [0.25, 0.3) is 40.5 Å². The number of phenolic OH excluding ortho intramolecular Hbond substituents is 2. The Morgan fingerprint density at radius 2 is 0.804 bits per heavy atom. The standard InChI is InChI=1S/C24H20N4O14S4/c1-11-3-5-14(16(7-11)43(31,32)33)25-27-21-18(45(37,38)39)9-13-10-19(46(40,41)42)22(24(30)20(13)23(21)29)28-26-15-6-4-12(2)8-17(15)44(34,35)36/h3-10,29-30H,1-2H3,(H,31,32,33)(H,34,35,36)(H,37,38,39)(H,40,41,42). The first-order valence-corrected chi connectivity index (χ1v) is 17.8. The Morgan fingerprint density at radius 1 is 0.478 bits per heavy atom. The molecule has 4 aromatic rings. The maximum absolute atomic E-state index is 12.2. The Balaban J connectivity index is 2.07. The summed E-state index contributed by atoms with van der Waals surface area (Å²) < 4.78 is 135. The number of fused-ring (bicyclic) bond motifs is 1. The average Bonchev–Trinajstić information content (AvgIpc) is 2.90. The van der Waals surface area contributed by atoms with Crippen molar-refractivity contribution in [3.63, 3.8) is 0 Å². The summed E-state index contributed by atoms with van der Waals surface area (Å²) in [6, 6.07) is 7.83. The van der Waals surface area contributed by atoms with Gasteiger partial charge in [-0.25, -0.2) is 0 Å². The minimum Gasteiger partial charge on any atom is -0.505 e. The fourth-order valence-corrected chi connectivity index (χ4v) is 6.81. The summed E-state index contributed by atoms with van der Waals surface area (Å²) in [5.74, 6) is -2.58. The van der Waals surface area contributed by atoms with Crippen molar-refractivity contribution in [1.29, 1.82) is 0 Å². The smallest absolute Gasteiger partial charge is 0.296 e. The van der Waals surface area contributed by atoms with Crippen LogP contribution in [0.5, 0.6) is 11.5 Å². The second-order valence-corrected chi connectivity index (χ2v) is 15.0. The summed E-state index contributed by atoms with van der Waals surface area (Å²) in [7, 11) is -20.5. The zero-order chi connectivity index (χ0) is 34.6. The van der Waals surface area contributed by atoms with Crippen LogP contribution in [0.3, 0.4) is 0 Å². The van der Waals surface area contributed by atoms with Gasteiger partial charge in [-0.05, 0) is 66.8 Å². The molecule has 4 aromatic carbocycles. The van der Waals surface area contributed by atoms with Gasteiger partial charge in [0.1, 0.15) is 42.3 Å². The first-order valence-electron chi connectivity index (χ1n) is 12.0. The van der Waals surface area contributed by atoms with Crippen LogP contribution in [0.4, 0.5) is 22.7 Å². The Bertz CT molecular complexity index is 2290. The molecule has 0 fully saturated rings. The first-order chi connectivity index (χ1) is 21.0. The van der Waals surface area contributed by atoms with E-state index < -0.39 is 105 Å². The molecule has 0 spiro atoms. The number of aromatic hydroxyl groups is 2. The number of aryl methyl sites for hydroxylation is 2. The summed E-state index contributed by atoms with van der Waals surface area (Å²) in [6.07, 6.45) is 0. The van der Waals surface area contributed by atoms with E-state index in [1.807, 2.05) is 0 Å². The number of nitrogens with zero attached hydrogens (tertiary/aromatic N) is 4. The fraction of sp³-hybridized carbons (Fsp3) is 0.0833. The summed E-state index contributed by atoms with van der Waals surface area (Å²) >= 11 is 0. The molecule has 0 aliphatic rings. The molecular formula is C24H20N4O14S4. The number of benzene rings is 4. The van der Waals surface area contributed by atoms with Gasteiger partial charge in [0.15, 0.2) is 11.5 Å². The Hall–Kier alpha value is -4.42. The van der Waals surface area contributed by atoms with Gasteiger partial charge in [0, 0.05) is 0 Å². The monoisotopic (exact) mass is 716 g/mol. The predicted octanol–water partition coefficient (Wildman–Crippen LogP) is 4.69. The normalized spacial score (nSPS) is 13.3. The summed E-state index contributed by atoms with van der Waals surface area (Å²) in [5.41, 5.74) is -2.61. The molecule has 4 rings (SSSR count). The van der Waals surface area contributed by atoms with Crippen molar-refractivity contribution in [2.75, 3.05) is 0 Å². The van der Waals surface area contributed by atoms with Gasteiger partial charge in [-0.3, -0.25) is 18.2 Å². The number of phenols is 2. The zero-order valence-electron chi connectivity index (χ0n) is 23.0. The van der Waals surface area contributed by atoms with Gasteiger partial charge >= 0.3 is 0 Å². The number of hydrogen-bond donors (Lipinski definition) is 6. The van der Waals surface area contributed by atoms with Crippen molar-refractivity contribution < 1.29 is 62.1 Å². The van der Waals surface area contributed by atoms with E-state index in [9.17, 15) is 62.1 Å². The lowest BCUT2D eigenvalue weighted by Gasteiger charge is -2.13. The van der Waals surface area contributed by atoms with E-state index in [1.165, 1.54) is 26.0 Å². The SMILES string of the molecule is Cc1ccc(N=Nc2c(S(=O)(=O)O)cc3cc(S(=O)(=O)O)c(N=Nc4ccc(C)cc4S(=O)(=O)O)c(O)c3c2O)c(S(=O)(=O)O)c1. The van der Waals surface area contributed by atoms with Crippen molar-refractivity contribution in [1.82, 2.24) is 0 Å². The molecule has 0 heterocycles. The van der Waals surface area contributed by atoms with E-state index in [0.717, 1.165) is 24.3 Å². The highest BCUT2D eigenvalue weighted by atomic mass is 32.2. The molecule has 18 nitrogen and oxygen atoms in total. The van der Waals surface area contributed by atoms with Crippen molar-refractivity contribution in [2.24, 2.45) is 20.5 Å². The molecule has 0 aromatic heterocycles. The molecule has 0 saturated heterocycles. The maximum Gasteiger partial charge on any atom is 0.296 e. The van der Waals surface area contributed by atoms with Crippen LogP contribution in [0.15, 0.2) is 88.6 Å². The summed E-state index contributed by atoms with van der Waals surface area (Å²) in [4.78, 5) is -3.99. The molecule has 0 aliphatic heterocycles. The van der Waals surface area contributed by atoms with Crippen LogP contribution < -0.4 is 0 Å². The van der Waals surface area contributed by atoms with Crippen molar-refractivity contribution >= 4 is 74.0 Å². The van der Waals surface area contributed by atoms with E-state index >= 15 is 0 Å². The Kier molecular flexibility index (Phi) is 8.79. The van der Waals surface area contributed by atoms with Gasteiger partial charge in [0.05, 0.1) is 5.39 Å². The third kappa shape index (κ3) is 7.02. The highest BCUT2D eigenvalue weighted by Gasteiger charge is 2.29. The molecule has 0 unspecified atom stereocenters. The number of hydrogen-bond acceptors (Lipinski definition) is 14. The van der Waals surface area contributed by atoms with Crippen molar-refractivity contribution in [2.45, 2.75) is 33.4 Å². The predicted molar refractivity (Wildman–Crippen MR) is 157 cm³/mol. The molecule has 6 N–H and O–H groups in total. The molecule has 46 heavy (non-hydrogen) atoms. The van der Waals surface area contributed by atoms with E-state index in [4.69, 9.17) is 0 Å². The lowest BCUT2D eigenvalue weighted by atomic mass is 10.1. The lowest BCUT2D eigenvalue weighted by molar-refractivity contribution is 0.458. The van der Waals surface area contributed by atoms with Crippen LogP contribution in [-0.4, -0.2) is 62.1 Å². The van der Waals surface area contributed by atoms with E-state index in [0.29, 0.717) is 23.3 Å². The van der Waals surface area contributed by atoms with Gasteiger partial charge in [0.2, 0.25) is 0 Å². The molecule has 0 amide bonds. The van der Waals surface area contributed by atoms with Crippen molar-refractivity contribution in [3.8, 4) is 11.5 Å². The topological polar surface area (TPSA) is 307 Å². The van der Waals surface area contributed by atoms with E-state index in [1.54, 1.807) is 0 Å². The number of rotatable bonds is 8. The third-order valence-electron chi connectivity index (χ3n) is 6.11. The summed E-state index contributed by atoms with van der Waals surface area (Å²) in [6.45, 7) is 2.95. The van der Waals surface area contributed by atoms with Crippen LogP contribution in [0.1, 0.15) is 11.1 Å². The fourth-order valence-electron chi connectivity index (χ4n) is 4.08. The molecule has 244 valence electrons. The maximum atomic E-state index is 12.2. The third-order valence-corrected chi connectivity index (χ3v) is 9.61. The highest BCUT2D eigenvalue weighted by Crippen LogP contribution is 2.50. The second-order valence-electron chi connectivity index (χ2n) is 9.48. The molecule has 0 aliphatic carbocycles. The van der Waals surface area contributed by atoms with E-state index in [2.05, 4.69) is 20.5 Å². The van der Waals surface area contributed by atoms with Crippen LogP contribution in [0, 0.1) is 13.8 Å². The summed E-state index contributed by atoms with van der Waals surface area (Å²) in [5, 5.41) is 34.8. The van der Waals surface area contributed by atoms with E-state index in [-0.39, 0.29) is 0 Å². The largest absolute Gasteiger partial charge is 0.505 e. The zero-order valence-corrected chi connectivity index (χ0v) is 26.3. The lowest BCUT2D eigenvalue weighted by Crippen LogP contribution is -2.02.